The van der Waals surface area contributed by atoms with Crippen LogP contribution in [0.15, 0.2) is 40.9 Å². The number of aromatic hydroxyl groups is 1. The maximum Gasteiger partial charge on any atom is 0.144 e. The molecule has 0 aliphatic heterocycles. The van der Waals surface area contributed by atoms with Crippen molar-refractivity contribution in [3.8, 4) is 22.9 Å². The molecule has 1 N–H and O–H groups in total. The average Bonchev–Trinajstić information content (AvgIpc) is 2.78. The molecule has 4 nitrogen and oxygen atoms in total. The zero-order valence-electron chi connectivity index (χ0n) is 11.1. The predicted molar refractivity (Wildman–Crippen MR) is 82.1 cm³/mol. The third-order valence-electron chi connectivity index (χ3n) is 3.29. The van der Waals surface area contributed by atoms with Gasteiger partial charge in [0.25, 0.3) is 0 Å². The first kappa shape index (κ1) is 13.0. The molecule has 0 spiro atoms. The van der Waals surface area contributed by atoms with E-state index in [9.17, 15) is 5.11 Å². The fourth-order valence-corrected chi connectivity index (χ4v) is 2.60. The van der Waals surface area contributed by atoms with Gasteiger partial charge in [-0.1, -0.05) is 15.9 Å². The van der Waals surface area contributed by atoms with Crippen LogP contribution in [0.1, 0.15) is 0 Å². The van der Waals surface area contributed by atoms with Gasteiger partial charge in [0, 0.05) is 17.6 Å². The number of rotatable bonds is 2. The van der Waals surface area contributed by atoms with Crippen LogP contribution in [0.2, 0.25) is 0 Å². The standard InChI is InChI=1S/C15H13BrN2O2/c1-18-13-5-4-10(20-2)8-12(13)17-15(18)11-7-9(16)3-6-14(11)19/h3-8,19H,1-2H3. The van der Waals surface area contributed by atoms with Gasteiger partial charge in [-0.2, -0.15) is 0 Å². The zero-order valence-corrected chi connectivity index (χ0v) is 12.7. The number of hydrogen-bond donors (Lipinski definition) is 1. The van der Waals surface area contributed by atoms with E-state index in [0.717, 1.165) is 21.3 Å². The van der Waals surface area contributed by atoms with Gasteiger partial charge in [0.2, 0.25) is 0 Å². The van der Waals surface area contributed by atoms with E-state index in [1.54, 1.807) is 19.2 Å². The van der Waals surface area contributed by atoms with Gasteiger partial charge >= 0.3 is 0 Å². The lowest BCUT2D eigenvalue weighted by Gasteiger charge is -2.05. The fraction of sp³-hybridized carbons (Fsp3) is 0.133. The molecule has 0 saturated heterocycles. The molecule has 20 heavy (non-hydrogen) atoms. The summed E-state index contributed by atoms with van der Waals surface area (Å²) in [6.45, 7) is 0. The first-order valence-electron chi connectivity index (χ1n) is 6.09. The van der Waals surface area contributed by atoms with Gasteiger partial charge in [-0.05, 0) is 30.3 Å². The predicted octanol–water partition coefficient (Wildman–Crippen LogP) is 3.72. The molecule has 3 aromatic rings. The summed E-state index contributed by atoms with van der Waals surface area (Å²) in [5, 5.41) is 10.0. The van der Waals surface area contributed by atoms with Gasteiger partial charge in [-0.3, -0.25) is 0 Å². The van der Waals surface area contributed by atoms with Gasteiger partial charge < -0.3 is 14.4 Å². The number of aryl methyl sites for hydroxylation is 1. The molecular weight excluding hydrogens is 320 g/mol. The number of fused-ring (bicyclic) bond motifs is 1. The highest BCUT2D eigenvalue weighted by Crippen LogP contribution is 2.33. The monoisotopic (exact) mass is 332 g/mol. The number of halogens is 1. The van der Waals surface area contributed by atoms with Gasteiger partial charge in [0.05, 0.1) is 23.7 Å². The van der Waals surface area contributed by atoms with E-state index in [-0.39, 0.29) is 5.75 Å². The molecular formula is C15H13BrN2O2. The molecule has 0 unspecified atom stereocenters. The lowest BCUT2D eigenvalue weighted by molar-refractivity contribution is 0.415. The van der Waals surface area contributed by atoms with Crippen LogP contribution in [-0.4, -0.2) is 21.8 Å². The summed E-state index contributed by atoms with van der Waals surface area (Å²) in [6, 6.07) is 11.0. The van der Waals surface area contributed by atoms with E-state index in [4.69, 9.17) is 4.74 Å². The highest BCUT2D eigenvalue weighted by Gasteiger charge is 2.14. The van der Waals surface area contributed by atoms with Gasteiger partial charge in [-0.15, -0.1) is 0 Å². The van der Waals surface area contributed by atoms with E-state index in [0.29, 0.717) is 11.4 Å². The van der Waals surface area contributed by atoms with Crippen LogP contribution in [-0.2, 0) is 7.05 Å². The number of ether oxygens (including phenoxy) is 1. The van der Waals surface area contributed by atoms with Crippen molar-refractivity contribution < 1.29 is 9.84 Å². The smallest absolute Gasteiger partial charge is 0.144 e. The SMILES string of the molecule is COc1ccc2c(c1)nc(-c1cc(Br)ccc1O)n2C. The van der Waals surface area contributed by atoms with Crippen molar-refractivity contribution in [2.75, 3.05) is 7.11 Å². The number of benzene rings is 2. The molecule has 1 aromatic heterocycles. The molecule has 102 valence electrons. The number of hydrogen-bond acceptors (Lipinski definition) is 3. The summed E-state index contributed by atoms with van der Waals surface area (Å²) in [6.07, 6.45) is 0. The zero-order chi connectivity index (χ0) is 14.3. The van der Waals surface area contributed by atoms with Crippen molar-refractivity contribution in [3.63, 3.8) is 0 Å². The Morgan fingerprint density at radius 1 is 1.20 bits per heavy atom. The normalized spacial score (nSPS) is 10.9. The second-order valence-corrected chi connectivity index (χ2v) is 5.43. The first-order valence-corrected chi connectivity index (χ1v) is 6.89. The van der Waals surface area contributed by atoms with Crippen LogP contribution in [0, 0.1) is 0 Å². The molecule has 0 bridgehead atoms. The van der Waals surface area contributed by atoms with E-state index in [2.05, 4.69) is 20.9 Å². The molecule has 1 heterocycles. The van der Waals surface area contributed by atoms with Crippen molar-refractivity contribution in [1.29, 1.82) is 0 Å². The van der Waals surface area contributed by atoms with Gasteiger partial charge in [0.15, 0.2) is 0 Å². The van der Waals surface area contributed by atoms with Crippen molar-refractivity contribution in [3.05, 3.63) is 40.9 Å². The Balaban J connectivity index is 2.26. The Bertz CT molecular complexity index is 796. The average molecular weight is 333 g/mol. The van der Waals surface area contributed by atoms with Crippen LogP contribution >= 0.6 is 15.9 Å². The largest absolute Gasteiger partial charge is 0.507 e. The number of nitrogens with zero attached hydrogens (tertiary/aromatic N) is 2. The summed E-state index contributed by atoms with van der Waals surface area (Å²) in [5.74, 6) is 1.69. The van der Waals surface area contributed by atoms with Crippen molar-refractivity contribution in [2.45, 2.75) is 0 Å². The Kier molecular flexibility index (Phi) is 3.14. The maximum absolute atomic E-state index is 10.0. The minimum absolute atomic E-state index is 0.207. The second kappa shape index (κ2) is 4.83. The third kappa shape index (κ3) is 2.04. The minimum atomic E-state index is 0.207. The lowest BCUT2D eigenvalue weighted by atomic mass is 10.2. The van der Waals surface area contributed by atoms with Gasteiger partial charge in [-0.25, -0.2) is 4.98 Å². The molecule has 0 aliphatic rings. The Labute approximate surface area is 124 Å². The van der Waals surface area contributed by atoms with Crippen LogP contribution in [0.5, 0.6) is 11.5 Å². The summed E-state index contributed by atoms with van der Waals surface area (Å²) < 4.78 is 8.07. The number of aromatic nitrogens is 2. The molecule has 0 amide bonds. The molecule has 5 heteroatoms. The molecule has 0 radical (unpaired) electrons. The molecule has 2 aromatic carbocycles. The maximum atomic E-state index is 10.0. The van der Waals surface area contributed by atoms with E-state index in [1.165, 1.54) is 0 Å². The quantitative estimate of drug-likeness (QED) is 0.778. The summed E-state index contributed by atoms with van der Waals surface area (Å²) >= 11 is 3.42. The second-order valence-electron chi connectivity index (χ2n) is 4.51. The van der Waals surface area contributed by atoms with Crippen LogP contribution in [0.3, 0.4) is 0 Å². The Morgan fingerprint density at radius 2 is 2.00 bits per heavy atom. The Morgan fingerprint density at radius 3 is 2.75 bits per heavy atom. The lowest BCUT2D eigenvalue weighted by Crippen LogP contribution is -1.93. The molecule has 0 atom stereocenters. The number of phenolic OH excluding ortho intramolecular Hbond substituents is 1. The molecule has 0 aliphatic carbocycles. The number of methoxy groups -OCH3 is 1. The number of imidazole rings is 1. The molecule has 0 saturated carbocycles. The van der Waals surface area contributed by atoms with Gasteiger partial charge in [0.1, 0.15) is 17.3 Å². The highest BCUT2D eigenvalue weighted by molar-refractivity contribution is 9.10. The van der Waals surface area contributed by atoms with Crippen molar-refractivity contribution >= 4 is 27.0 Å². The molecule has 3 rings (SSSR count). The topological polar surface area (TPSA) is 47.3 Å². The molecule has 0 fully saturated rings. The Hall–Kier alpha value is -2.01. The fourth-order valence-electron chi connectivity index (χ4n) is 2.23. The summed E-state index contributed by atoms with van der Waals surface area (Å²) in [5.41, 5.74) is 2.51. The first-order chi connectivity index (χ1) is 9.60. The van der Waals surface area contributed by atoms with E-state index >= 15 is 0 Å². The summed E-state index contributed by atoms with van der Waals surface area (Å²) in [7, 11) is 3.56. The summed E-state index contributed by atoms with van der Waals surface area (Å²) in [4.78, 5) is 4.60. The van der Waals surface area contributed by atoms with E-state index in [1.807, 2.05) is 35.9 Å². The van der Waals surface area contributed by atoms with Crippen LogP contribution < -0.4 is 4.74 Å². The number of phenols is 1. The highest BCUT2D eigenvalue weighted by atomic mass is 79.9. The van der Waals surface area contributed by atoms with Crippen LogP contribution in [0.25, 0.3) is 22.4 Å². The van der Waals surface area contributed by atoms with Crippen LogP contribution in [0.4, 0.5) is 0 Å². The van der Waals surface area contributed by atoms with Crippen molar-refractivity contribution in [2.24, 2.45) is 7.05 Å². The minimum Gasteiger partial charge on any atom is -0.507 e. The van der Waals surface area contributed by atoms with Crippen molar-refractivity contribution in [1.82, 2.24) is 9.55 Å². The van der Waals surface area contributed by atoms with E-state index < -0.39 is 0 Å². The third-order valence-corrected chi connectivity index (χ3v) is 3.78.